The fourth-order valence-electron chi connectivity index (χ4n) is 3.67. The molecule has 0 aromatic heterocycles. The van der Waals surface area contributed by atoms with Crippen LogP contribution >= 0.6 is 0 Å². The third-order valence-corrected chi connectivity index (χ3v) is 5.36. The zero-order valence-corrected chi connectivity index (χ0v) is 11.6. The third-order valence-electron chi connectivity index (χ3n) is 5.36. The average Bonchev–Trinajstić information content (AvgIpc) is 3.32. The van der Waals surface area contributed by atoms with Gasteiger partial charge in [-0.2, -0.15) is 0 Å². The lowest BCUT2D eigenvalue weighted by molar-refractivity contribution is 0.294. The molecule has 1 aliphatic heterocycles. The second-order valence-corrected chi connectivity index (χ2v) is 6.68. The molecule has 0 bridgehead atoms. The molecule has 1 saturated heterocycles. The average molecular weight is 254 g/mol. The topological polar surface area (TPSA) is 12.5 Å². The molecule has 5 unspecified atom stereocenters. The van der Waals surface area contributed by atoms with E-state index >= 15 is 0 Å². The van der Waals surface area contributed by atoms with Crippen LogP contribution in [0.4, 0.5) is 0 Å². The van der Waals surface area contributed by atoms with E-state index in [0.29, 0.717) is 17.9 Å². The molecule has 4 aliphatic rings. The Bertz CT molecular complexity index is 504. The van der Waals surface area contributed by atoms with Gasteiger partial charge in [-0.15, -0.1) is 0 Å². The SMILES string of the molecule is C=C1CC1C1C=CC2=CC(C(C)C3CO3)CC=C2C1. The van der Waals surface area contributed by atoms with Crippen molar-refractivity contribution < 1.29 is 4.74 Å². The summed E-state index contributed by atoms with van der Waals surface area (Å²) in [5, 5.41) is 0. The van der Waals surface area contributed by atoms with E-state index in [2.05, 4.69) is 37.8 Å². The van der Waals surface area contributed by atoms with Crippen LogP contribution in [0.2, 0.25) is 0 Å². The first-order valence-corrected chi connectivity index (χ1v) is 7.61. The van der Waals surface area contributed by atoms with Crippen LogP contribution in [-0.2, 0) is 4.74 Å². The minimum absolute atomic E-state index is 0.520. The van der Waals surface area contributed by atoms with E-state index in [1.807, 2.05) is 0 Å². The summed E-state index contributed by atoms with van der Waals surface area (Å²) in [6.45, 7) is 7.41. The molecule has 1 nitrogen and oxygen atoms in total. The lowest BCUT2D eigenvalue weighted by Gasteiger charge is -2.28. The molecule has 1 heterocycles. The third kappa shape index (κ3) is 2.14. The molecule has 19 heavy (non-hydrogen) atoms. The van der Waals surface area contributed by atoms with E-state index in [1.165, 1.54) is 30.4 Å². The Morgan fingerprint density at radius 2 is 2.16 bits per heavy atom. The first-order chi connectivity index (χ1) is 9.22. The van der Waals surface area contributed by atoms with Gasteiger partial charge in [0.15, 0.2) is 0 Å². The van der Waals surface area contributed by atoms with Crippen molar-refractivity contribution in [2.45, 2.75) is 32.3 Å². The number of ether oxygens (including phenoxy) is 1. The van der Waals surface area contributed by atoms with E-state index in [0.717, 1.165) is 18.4 Å². The first-order valence-electron chi connectivity index (χ1n) is 7.61. The second-order valence-electron chi connectivity index (χ2n) is 6.68. The van der Waals surface area contributed by atoms with E-state index < -0.39 is 0 Å². The molecular weight excluding hydrogens is 232 g/mol. The minimum Gasteiger partial charge on any atom is -0.373 e. The van der Waals surface area contributed by atoms with Crippen LogP contribution in [0.15, 0.2) is 47.6 Å². The minimum atomic E-state index is 0.520. The van der Waals surface area contributed by atoms with Crippen molar-refractivity contribution in [1.82, 2.24) is 0 Å². The largest absolute Gasteiger partial charge is 0.373 e. The van der Waals surface area contributed by atoms with Crippen molar-refractivity contribution in [3.05, 3.63) is 47.6 Å². The van der Waals surface area contributed by atoms with Crippen LogP contribution in [0.3, 0.4) is 0 Å². The summed E-state index contributed by atoms with van der Waals surface area (Å²) in [6, 6.07) is 0. The van der Waals surface area contributed by atoms with Crippen LogP contribution in [0.1, 0.15) is 26.2 Å². The molecule has 0 aromatic carbocycles. The Labute approximate surface area is 115 Å². The van der Waals surface area contributed by atoms with E-state index in [-0.39, 0.29) is 0 Å². The number of rotatable bonds is 3. The van der Waals surface area contributed by atoms with Crippen molar-refractivity contribution in [3.63, 3.8) is 0 Å². The molecule has 3 aliphatic carbocycles. The Morgan fingerprint density at radius 1 is 1.37 bits per heavy atom. The molecule has 5 atom stereocenters. The lowest BCUT2D eigenvalue weighted by atomic mass is 9.76. The molecule has 0 spiro atoms. The quantitative estimate of drug-likeness (QED) is 0.547. The standard InChI is InChI=1S/C18H22O/c1-11-7-17(11)16-6-5-14-8-13(3-4-15(14)9-16)12(2)18-10-19-18/h4-6,8,12-13,16-18H,1,3,7,9-10H2,2H3. The molecule has 0 aromatic rings. The molecule has 0 radical (unpaired) electrons. The van der Waals surface area contributed by atoms with Gasteiger partial charge in [-0.1, -0.05) is 43.4 Å². The summed E-state index contributed by atoms with van der Waals surface area (Å²) in [6.07, 6.45) is 14.0. The smallest absolute Gasteiger partial charge is 0.0841 e. The number of hydrogen-bond donors (Lipinski definition) is 0. The van der Waals surface area contributed by atoms with Gasteiger partial charge in [-0.25, -0.2) is 0 Å². The maximum atomic E-state index is 5.45. The summed E-state index contributed by atoms with van der Waals surface area (Å²) in [5.74, 6) is 2.83. The van der Waals surface area contributed by atoms with Gasteiger partial charge < -0.3 is 4.74 Å². The summed E-state index contributed by atoms with van der Waals surface area (Å²) in [5.41, 5.74) is 4.51. The van der Waals surface area contributed by atoms with Gasteiger partial charge in [0.2, 0.25) is 0 Å². The van der Waals surface area contributed by atoms with Crippen LogP contribution < -0.4 is 0 Å². The molecule has 100 valence electrons. The van der Waals surface area contributed by atoms with Gasteiger partial charge in [0.05, 0.1) is 12.7 Å². The van der Waals surface area contributed by atoms with E-state index in [9.17, 15) is 0 Å². The molecule has 4 rings (SSSR count). The predicted molar refractivity (Wildman–Crippen MR) is 77.7 cm³/mol. The predicted octanol–water partition coefficient (Wildman–Crippen LogP) is 4.05. The van der Waals surface area contributed by atoms with Crippen LogP contribution in [0.5, 0.6) is 0 Å². The number of allylic oxidation sites excluding steroid dienone is 7. The molecule has 1 heteroatoms. The highest BCUT2D eigenvalue weighted by atomic mass is 16.6. The zero-order chi connectivity index (χ0) is 13.0. The molecule has 0 amide bonds. The monoisotopic (exact) mass is 254 g/mol. The Balaban J connectivity index is 1.51. The highest BCUT2D eigenvalue weighted by Gasteiger charge is 2.38. The van der Waals surface area contributed by atoms with Crippen LogP contribution in [0.25, 0.3) is 0 Å². The summed E-state index contributed by atoms with van der Waals surface area (Å²) in [4.78, 5) is 0. The van der Waals surface area contributed by atoms with Gasteiger partial charge in [0.25, 0.3) is 0 Å². The first kappa shape index (κ1) is 11.7. The van der Waals surface area contributed by atoms with Gasteiger partial charge in [-0.3, -0.25) is 0 Å². The second kappa shape index (κ2) is 4.21. The Kier molecular flexibility index (Phi) is 2.60. The normalized spacial score (nSPS) is 41.2. The highest BCUT2D eigenvalue weighted by molar-refractivity contribution is 5.47. The molecule has 0 N–H and O–H groups in total. The number of fused-ring (bicyclic) bond motifs is 1. The zero-order valence-electron chi connectivity index (χ0n) is 11.6. The maximum absolute atomic E-state index is 5.45. The maximum Gasteiger partial charge on any atom is 0.0841 e. The summed E-state index contributed by atoms with van der Waals surface area (Å²) < 4.78 is 5.45. The van der Waals surface area contributed by atoms with Crippen molar-refractivity contribution in [1.29, 1.82) is 0 Å². The van der Waals surface area contributed by atoms with Gasteiger partial charge in [0.1, 0.15) is 0 Å². The molecule has 2 fully saturated rings. The van der Waals surface area contributed by atoms with Crippen LogP contribution in [-0.4, -0.2) is 12.7 Å². The molecule has 1 saturated carbocycles. The number of hydrogen-bond acceptors (Lipinski definition) is 1. The Hall–Kier alpha value is -1.08. The lowest BCUT2D eigenvalue weighted by Crippen LogP contribution is -2.19. The van der Waals surface area contributed by atoms with Crippen molar-refractivity contribution in [2.75, 3.05) is 6.61 Å². The van der Waals surface area contributed by atoms with Crippen molar-refractivity contribution >= 4 is 0 Å². The van der Waals surface area contributed by atoms with Gasteiger partial charge >= 0.3 is 0 Å². The summed E-state index contributed by atoms with van der Waals surface area (Å²) in [7, 11) is 0. The fraction of sp³-hybridized carbons (Fsp3) is 0.556. The van der Waals surface area contributed by atoms with E-state index in [4.69, 9.17) is 4.74 Å². The van der Waals surface area contributed by atoms with Crippen LogP contribution in [0, 0.1) is 23.7 Å². The Morgan fingerprint density at radius 3 is 2.84 bits per heavy atom. The fourth-order valence-corrected chi connectivity index (χ4v) is 3.67. The highest BCUT2D eigenvalue weighted by Crippen LogP contribution is 2.48. The van der Waals surface area contributed by atoms with Gasteiger partial charge in [0, 0.05) is 0 Å². The molecular formula is C18H22O. The number of epoxide rings is 1. The van der Waals surface area contributed by atoms with Crippen molar-refractivity contribution in [3.8, 4) is 0 Å². The summed E-state index contributed by atoms with van der Waals surface area (Å²) >= 11 is 0. The van der Waals surface area contributed by atoms with E-state index in [1.54, 1.807) is 5.57 Å². The van der Waals surface area contributed by atoms with Gasteiger partial charge in [-0.05, 0) is 54.1 Å². The van der Waals surface area contributed by atoms with Crippen molar-refractivity contribution in [2.24, 2.45) is 23.7 Å².